The molecule has 2 heterocycles. The van der Waals surface area contributed by atoms with Gasteiger partial charge in [-0.3, -0.25) is 4.98 Å². The molecule has 1 aromatic carbocycles. The van der Waals surface area contributed by atoms with Crippen molar-refractivity contribution in [1.82, 2.24) is 4.98 Å². The third-order valence-corrected chi connectivity index (χ3v) is 4.50. The minimum absolute atomic E-state index is 0.507. The van der Waals surface area contributed by atoms with Crippen LogP contribution in [0.25, 0.3) is 10.9 Å². The highest BCUT2D eigenvalue weighted by molar-refractivity contribution is 5.91. The summed E-state index contributed by atoms with van der Waals surface area (Å²) in [6, 6.07) is 9.08. The molecule has 2 aromatic rings. The number of anilines is 1. The lowest BCUT2D eigenvalue weighted by atomic mass is 9.76. The number of ether oxygens (including phenoxy) is 1. The van der Waals surface area contributed by atoms with Crippen LogP contribution in [0.15, 0.2) is 30.5 Å². The van der Waals surface area contributed by atoms with E-state index in [2.05, 4.69) is 41.5 Å². The molecule has 0 amide bonds. The molecule has 2 aliphatic rings. The van der Waals surface area contributed by atoms with E-state index in [1.807, 2.05) is 6.20 Å². The smallest absolute Gasteiger partial charge is 0.0722 e. The molecule has 0 bridgehead atoms. The van der Waals surface area contributed by atoms with E-state index in [0.717, 1.165) is 18.5 Å². The third kappa shape index (κ3) is 1.80. The highest BCUT2D eigenvalue weighted by Crippen LogP contribution is 2.40. The molecule has 3 nitrogen and oxygen atoms in total. The first-order valence-electron chi connectivity index (χ1n) is 7.05. The fourth-order valence-electron chi connectivity index (χ4n) is 3.35. The third-order valence-electron chi connectivity index (χ3n) is 4.50. The molecule has 2 fully saturated rings. The van der Waals surface area contributed by atoms with E-state index in [1.165, 1.54) is 23.1 Å². The SMILES string of the molecule is Cc1ccc2nccc(N[C@@H]3C[C@@H]4OCC[C@@H]43)c2c1. The molecular formula is C16H18N2O. The second kappa shape index (κ2) is 4.20. The maximum Gasteiger partial charge on any atom is 0.0722 e. The van der Waals surface area contributed by atoms with Crippen LogP contribution < -0.4 is 5.32 Å². The minimum atomic E-state index is 0.507. The zero-order valence-electron chi connectivity index (χ0n) is 11.1. The number of aromatic nitrogens is 1. The molecule has 1 aromatic heterocycles. The van der Waals surface area contributed by atoms with E-state index in [1.54, 1.807) is 0 Å². The second-order valence-electron chi connectivity index (χ2n) is 5.73. The largest absolute Gasteiger partial charge is 0.381 e. The summed E-state index contributed by atoms with van der Waals surface area (Å²) in [7, 11) is 0. The fraction of sp³-hybridized carbons (Fsp3) is 0.438. The number of nitrogens with one attached hydrogen (secondary N) is 1. The normalized spacial score (nSPS) is 29.0. The summed E-state index contributed by atoms with van der Waals surface area (Å²) in [5, 5.41) is 4.93. The van der Waals surface area contributed by atoms with Gasteiger partial charge in [0.15, 0.2) is 0 Å². The topological polar surface area (TPSA) is 34.2 Å². The van der Waals surface area contributed by atoms with Gasteiger partial charge in [0.1, 0.15) is 0 Å². The van der Waals surface area contributed by atoms with Crippen molar-refractivity contribution in [3.05, 3.63) is 36.0 Å². The quantitative estimate of drug-likeness (QED) is 0.894. The summed E-state index contributed by atoms with van der Waals surface area (Å²) in [6.07, 6.45) is 4.73. The number of pyridine rings is 1. The molecule has 19 heavy (non-hydrogen) atoms. The Morgan fingerprint density at radius 1 is 1.32 bits per heavy atom. The predicted molar refractivity (Wildman–Crippen MR) is 76.4 cm³/mol. The van der Waals surface area contributed by atoms with E-state index in [-0.39, 0.29) is 0 Å². The lowest BCUT2D eigenvalue weighted by Crippen LogP contribution is -2.47. The Bertz CT molecular complexity index is 625. The van der Waals surface area contributed by atoms with Gasteiger partial charge in [0.2, 0.25) is 0 Å². The Kier molecular flexibility index (Phi) is 2.49. The van der Waals surface area contributed by atoms with Crippen LogP contribution in [0.2, 0.25) is 0 Å². The molecule has 1 N–H and O–H groups in total. The zero-order valence-corrected chi connectivity index (χ0v) is 11.1. The molecule has 1 aliphatic heterocycles. The molecular weight excluding hydrogens is 236 g/mol. The number of nitrogens with zero attached hydrogens (tertiary/aromatic N) is 1. The Labute approximate surface area is 113 Å². The number of benzene rings is 1. The first-order chi connectivity index (χ1) is 9.31. The minimum Gasteiger partial charge on any atom is -0.381 e. The molecule has 3 atom stereocenters. The highest BCUT2D eigenvalue weighted by Gasteiger charge is 2.45. The van der Waals surface area contributed by atoms with Gasteiger partial charge >= 0.3 is 0 Å². The summed E-state index contributed by atoms with van der Waals surface area (Å²) in [5.74, 6) is 0.702. The number of aryl methyl sites for hydroxylation is 1. The summed E-state index contributed by atoms with van der Waals surface area (Å²) in [4.78, 5) is 4.44. The molecule has 1 saturated carbocycles. The average molecular weight is 254 g/mol. The van der Waals surface area contributed by atoms with E-state index >= 15 is 0 Å². The Balaban J connectivity index is 1.65. The van der Waals surface area contributed by atoms with Gasteiger partial charge in [0.05, 0.1) is 11.6 Å². The molecule has 1 aliphatic carbocycles. The summed E-state index contributed by atoms with van der Waals surface area (Å²) in [6.45, 7) is 3.06. The molecule has 4 rings (SSSR count). The highest BCUT2D eigenvalue weighted by atomic mass is 16.5. The van der Waals surface area contributed by atoms with Gasteiger partial charge in [0, 0.05) is 35.8 Å². The first-order valence-corrected chi connectivity index (χ1v) is 7.05. The molecule has 0 unspecified atom stereocenters. The molecule has 3 heteroatoms. The van der Waals surface area contributed by atoms with Gasteiger partial charge in [-0.25, -0.2) is 0 Å². The molecule has 0 spiro atoms. The van der Waals surface area contributed by atoms with Crippen molar-refractivity contribution in [2.45, 2.75) is 31.9 Å². The van der Waals surface area contributed by atoms with E-state index in [9.17, 15) is 0 Å². The summed E-state index contributed by atoms with van der Waals surface area (Å²) < 4.78 is 5.67. The maximum absolute atomic E-state index is 5.67. The van der Waals surface area contributed by atoms with Gasteiger partial charge in [0.25, 0.3) is 0 Å². The van der Waals surface area contributed by atoms with Crippen LogP contribution in [0, 0.1) is 12.8 Å². The van der Waals surface area contributed by atoms with Crippen molar-refractivity contribution < 1.29 is 4.74 Å². The lowest BCUT2D eigenvalue weighted by molar-refractivity contribution is 0.0248. The maximum atomic E-state index is 5.67. The van der Waals surface area contributed by atoms with Crippen molar-refractivity contribution in [2.24, 2.45) is 5.92 Å². The van der Waals surface area contributed by atoms with E-state index in [0.29, 0.717) is 18.1 Å². The Morgan fingerprint density at radius 2 is 2.26 bits per heavy atom. The summed E-state index contributed by atoms with van der Waals surface area (Å²) >= 11 is 0. The van der Waals surface area contributed by atoms with Crippen LogP contribution in [0.5, 0.6) is 0 Å². The van der Waals surface area contributed by atoms with Crippen LogP contribution in [0.3, 0.4) is 0 Å². The van der Waals surface area contributed by atoms with Crippen molar-refractivity contribution in [1.29, 1.82) is 0 Å². The van der Waals surface area contributed by atoms with Crippen molar-refractivity contribution in [2.75, 3.05) is 11.9 Å². The van der Waals surface area contributed by atoms with Gasteiger partial charge in [-0.15, -0.1) is 0 Å². The van der Waals surface area contributed by atoms with Crippen LogP contribution in [-0.2, 0) is 4.74 Å². The fourth-order valence-corrected chi connectivity index (χ4v) is 3.35. The lowest BCUT2D eigenvalue weighted by Gasteiger charge is -2.40. The van der Waals surface area contributed by atoms with Gasteiger partial charge in [-0.1, -0.05) is 11.6 Å². The number of hydrogen-bond donors (Lipinski definition) is 1. The van der Waals surface area contributed by atoms with E-state index < -0.39 is 0 Å². The van der Waals surface area contributed by atoms with Crippen LogP contribution in [0.1, 0.15) is 18.4 Å². The van der Waals surface area contributed by atoms with Crippen LogP contribution in [0.4, 0.5) is 5.69 Å². The van der Waals surface area contributed by atoms with Gasteiger partial charge in [-0.05, 0) is 38.0 Å². The van der Waals surface area contributed by atoms with Crippen molar-refractivity contribution in [3.8, 4) is 0 Å². The van der Waals surface area contributed by atoms with Crippen LogP contribution >= 0.6 is 0 Å². The molecule has 0 radical (unpaired) electrons. The second-order valence-corrected chi connectivity index (χ2v) is 5.73. The van der Waals surface area contributed by atoms with E-state index in [4.69, 9.17) is 4.74 Å². The summed E-state index contributed by atoms with van der Waals surface area (Å²) in [5.41, 5.74) is 3.55. The Morgan fingerprint density at radius 3 is 3.16 bits per heavy atom. The van der Waals surface area contributed by atoms with Crippen LogP contribution in [-0.4, -0.2) is 23.7 Å². The van der Waals surface area contributed by atoms with Crippen molar-refractivity contribution in [3.63, 3.8) is 0 Å². The molecule has 1 saturated heterocycles. The number of fused-ring (bicyclic) bond motifs is 2. The number of hydrogen-bond acceptors (Lipinski definition) is 3. The predicted octanol–water partition coefficient (Wildman–Crippen LogP) is 3.13. The monoisotopic (exact) mass is 254 g/mol. The number of rotatable bonds is 2. The first kappa shape index (κ1) is 11.2. The zero-order chi connectivity index (χ0) is 12.8. The van der Waals surface area contributed by atoms with Gasteiger partial charge in [-0.2, -0.15) is 0 Å². The van der Waals surface area contributed by atoms with Gasteiger partial charge < -0.3 is 10.1 Å². The van der Waals surface area contributed by atoms with Crippen molar-refractivity contribution >= 4 is 16.6 Å². The Hall–Kier alpha value is -1.61. The molecule has 98 valence electrons. The standard InChI is InChI=1S/C16H18N2O/c1-10-2-3-13-12(8-10)14(4-6-17-13)18-15-9-16-11(15)5-7-19-16/h2-4,6,8,11,15-16H,5,7,9H2,1H3,(H,17,18)/t11-,15-,16+/m1/s1. The average Bonchev–Trinajstić information content (AvgIpc) is 2.77.